The van der Waals surface area contributed by atoms with Gasteiger partial charge in [0.05, 0.1) is 24.8 Å². The van der Waals surface area contributed by atoms with E-state index in [2.05, 4.69) is 20.0 Å². The summed E-state index contributed by atoms with van der Waals surface area (Å²) in [6.45, 7) is 0.648. The summed E-state index contributed by atoms with van der Waals surface area (Å²) in [6.07, 6.45) is 4.88. The van der Waals surface area contributed by atoms with Gasteiger partial charge in [0, 0.05) is 0 Å². The third kappa shape index (κ3) is 0.737. The first kappa shape index (κ1) is 5.34. The topological polar surface area (TPSA) is 53.4 Å². The maximum absolute atomic E-state index is 4.03. The Bertz CT molecular complexity index is 284. The number of aromatic nitrogens is 2. The molecule has 0 aromatic carbocycles. The fraction of sp³-hybridized carbons (Fsp3) is 0.167. The van der Waals surface area contributed by atoms with E-state index >= 15 is 0 Å². The summed E-state index contributed by atoms with van der Waals surface area (Å²) in [6, 6.07) is 0. The maximum atomic E-state index is 4.03. The van der Waals surface area contributed by atoms with Crippen molar-refractivity contribution in [2.45, 2.75) is 6.54 Å². The first-order chi connectivity index (χ1) is 4.97. The summed E-state index contributed by atoms with van der Waals surface area (Å²) >= 11 is 0. The Morgan fingerprint density at radius 3 is 3.50 bits per heavy atom. The molecule has 1 aromatic rings. The number of imidazole rings is 1. The molecule has 0 aliphatic carbocycles. The lowest BCUT2D eigenvalue weighted by atomic mass is 10.3. The van der Waals surface area contributed by atoms with E-state index in [9.17, 15) is 0 Å². The number of H-pyrrole nitrogens is 1. The van der Waals surface area contributed by atoms with Crippen molar-refractivity contribution < 1.29 is 0 Å². The Morgan fingerprint density at radius 1 is 1.50 bits per heavy atom. The first-order valence-corrected chi connectivity index (χ1v) is 3.00. The van der Waals surface area contributed by atoms with Crippen LogP contribution < -0.4 is 0 Å². The maximum Gasteiger partial charge on any atom is 0.110 e. The van der Waals surface area contributed by atoms with Crippen LogP contribution in [-0.4, -0.2) is 22.5 Å². The molecule has 0 fully saturated rings. The van der Waals surface area contributed by atoms with E-state index in [0.717, 1.165) is 11.4 Å². The molecule has 0 unspecified atom stereocenters. The Labute approximate surface area is 57.7 Å². The minimum absolute atomic E-state index is 0.648. The summed E-state index contributed by atoms with van der Waals surface area (Å²) < 4.78 is 0. The van der Waals surface area contributed by atoms with E-state index in [0.29, 0.717) is 6.54 Å². The summed E-state index contributed by atoms with van der Waals surface area (Å²) in [5, 5.41) is 0. The van der Waals surface area contributed by atoms with Crippen LogP contribution in [0.4, 0.5) is 0 Å². The third-order valence-corrected chi connectivity index (χ3v) is 1.35. The number of hydrogen-bond donors (Lipinski definition) is 1. The van der Waals surface area contributed by atoms with Crippen LogP contribution in [0.1, 0.15) is 11.4 Å². The molecule has 0 radical (unpaired) electrons. The molecule has 0 atom stereocenters. The van der Waals surface area contributed by atoms with Gasteiger partial charge in [0.15, 0.2) is 0 Å². The molecule has 1 aliphatic heterocycles. The summed E-state index contributed by atoms with van der Waals surface area (Å²) in [7, 11) is 0. The van der Waals surface area contributed by atoms with E-state index in [1.807, 2.05) is 0 Å². The van der Waals surface area contributed by atoms with Crippen molar-refractivity contribution in [1.82, 2.24) is 9.97 Å². The molecular weight excluding hydrogens is 128 g/mol. The predicted octanol–water partition coefficient (Wildman–Crippen LogP) is 0.370. The lowest BCUT2D eigenvalue weighted by molar-refractivity contribution is 1.02. The van der Waals surface area contributed by atoms with Gasteiger partial charge in [0.2, 0.25) is 0 Å². The lowest BCUT2D eigenvalue weighted by Crippen LogP contribution is -1.86. The highest BCUT2D eigenvalue weighted by molar-refractivity contribution is 5.85. The standard InChI is InChI=1S/C6H6N4/c1-5-6(10-4-9-5)2-8-3-7-1/h1,3-4H,2H2,(H,9,10). The molecule has 2 heterocycles. The average Bonchev–Trinajstić information content (AvgIpc) is 2.28. The SMILES string of the molecule is C1=NC=NCc2[nH]cnc21. The number of nitrogens with zero attached hydrogens (tertiary/aromatic N) is 3. The fourth-order valence-electron chi connectivity index (χ4n) is 0.853. The van der Waals surface area contributed by atoms with Crippen LogP contribution in [0.3, 0.4) is 0 Å². The monoisotopic (exact) mass is 134 g/mol. The molecule has 4 nitrogen and oxygen atoms in total. The average molecular weight is 134 g/mol. The number of nitrogens with one attached hydrogen (secondary N) is 1. The van der Waals surface area contributed by atoms with E-state index in [1.165, 1.54) is 6.34 Å². The van der Waals surface area contributed by atoms with Crippen molar-refractivity contribution in [1.29, 1.82) is 0 Å². The molecule has 10 heavy (non-hydrogen) atoms. The molecule has 2 rings (SSSR count). The quantitative estimate of drug-likeness (QED) is 0.547. The molecule has 50 valence electrons. The molecule has 0 amide bonds. The van der Waals surface area contributed by atoms with Crippen LogP contribution in [0.15, 0.2) is 16.3 Å². The van der Waals surface area contributed by atoms with E-state index in [4.69, 9.17) is 0 Å². The minimum Gasteiger partial charge on any atom is -0.346 e. The third-order valence-electron chi connectivity index (χ3n) is 1.35. The molecular formula is C6H6N4. The Kier molecular flexibility index (Phi) is 1.10. The fourth-order valence-corrected chi connectivity index (χ4v) is 0.853. The van der Waals surface area contributed by atoms with E-state index in [-0.39, 0.29) is 0 Å². The second-order valence-corrected chi connectivity index (χ2v) is 2.00. The van der Waals surface area contributed by atoms with Crippen molar-refractivity contribution >= 4 is 12.6 Å². The van der Waals surface area contributed by atoms with Crippen LogP contribution in [0.25, 0.3) is 0 Å². The van der Waals surface area contributed by atoms with Gasteiger partial charge in [0.25, 0.3) is 0 Å². The highest BCUT2D eigenvalue weighted by Crippen LogP contribution is 2.02. The number of aliphatic imine (C=N–C) groups is 2. The van der Waals surface area contributed by atoms with Crippen LogP contribution in [0.2, 0.25) is 0 Å². The number of hydrogen-bond acceptors (Lipinski definition) is 3. The number of rotatable bonds is 0. The Morgan fingerprint density at radius 2 is 2.50 bits per heavy atom. The van der Waals surface area contributed by atoms with Crippen LogP contribution in [0, 0.1) is 0 Å². The van der Waals surface area contributed by atoms with Crippen molar-refractivity contribution in [2.24, 2.45) is 9.98 Å². The van der Waals surface area contributed by atoms with E-state index < -0.39 is 0 Å². The molecule has 4 heteroatoms. The number of fused-ring (bicyclic) bond motifs is 1. The van der Waals surface area contributed by atoms with Gasteiger partial charge >= 0.3 is 0 Å². The van der Waals surface area contributed by atoms with Crippen molar-refractivity contribution in [3.05, 3.63) is 17.7 Å². The molecule has 1 aliphatic rings. The minimum atomic E-state index is 0.648. The molecule has 0 spiro atoms. The highest BCUT2D eigenvalue weighted by Gasteiger charge is 2.02. The zero-order valence-electron chi connectivity index (χ0n) is 5.28. The lowest BCUT2D eigenvalue weighted by Gasteiger charge is -1.86. The van der Waals surface area contributed by atoms with Gasteiger partial charge in [-0.25, -0.2) is 9.98 Å². The second kappa shape index (κ2) is 2.06. The van der Waals surface area contributed by atoms with Gasteiger partial charge in [0.1, 0.15) is 12.0 Å². The molecule has 0 saturated heterocycles. The smallest absolute Gasteiger partial charge is 0.110 e. The summed E-state index contributed by atoms with van der Waals surface area (Å²) in [4.78, 5) is 14.9. The molecule has 0 saturated carbocycles. The molecule has 1 aromatic heterocycles. The van der Waals surface area contributed by atoms with Crippen LogP contribution in [-0.2, 0) is 6.54 Å². The summed E-state index contributed by atoms with van der Waals surface area (Å²) in [5.41, 5.74) is 1.91. The van der Waals surface area contributed by atoms with Gasteiger partial charge in [-0.05, 0) is 0 Å². The Hall–Kier alpha value is -1.45. The molecule has 0 bridgehead atoms. The van der Waals surface area contributed by atoms with Gasteiger partial charge in [-0.2, -0.15) is 0 Å². The summed E-state index contributed by atoms with van der Waals surface area (Å²) in [5.74, 6) is 0. The Balaban J connectivity index is 2.50. The van der Waals surface area contributed by atoms with Crippen molar-refractivity contribution in [3.63, 3.8) is 0 Å². The van der Waals surface area contributed by atoms with Gasteiger partial charge in [-0.15, -0.1) is 0 Å². The van der Waals surface area contributed by atoms with Crippen molar-refractivity contribution in [2.75, 3.05) is 0 Å². The normalized spacial score (nSPS) is 14.8. The molecule has 1 N–H and O–H groups in total. The van der Waals surface area contributed by atoms with Gasteiger partial charge in [-0.1, -0.05) is 0 Å². The largest absolute Gasteiger partial charge is 0.346 e. The first-order valence-electron chi connectivity index (χ1n) is 3.00. The highest BCUT2D eigenvalue weighted by atomic mass is 15.0. The second-order valence-electron chi connectivity index (χ2n) is 2.00. The number of aromatic amines is 1. The van der Waals surface area contributed by atoms with Gasteiger partial charge < -0.3 is 4.98 Å². The van der Waals surface area contributed by atoms with Crippen LogP contribution >= 0.6 is 0 Å². The van der Waals surface area contributed by atoms with Crippen LogP contribution in [0.5, 0.6) is 0 Å². The predicted molar refractivity (Wildman–Crippen MR) is 38.4 cm³/mol. The zero-order valence-corrected chi connectivity index (χ0v) is 5.28. The zero-order chi connectivity index (χ0) is 6.81. The van der Waals surface area contributed by atoms with Crippen molar-refractivity contribution in [3.8, 4) is 0 Å². The van der Waals surface area contributed by atoms with E-state index in [1.54, 1.807) is 12.5 Å². The van der Waals surface area contributed by atoms with Gasteiger partial charge in [-0.3, -0.25) is 4.99 Å².